The van der Waals surface area contributed by atoms with Gasteiger partial charge in [0.25, 0.3) is 0 Å². The zero-order valence-electron chi connectivity index (χ0n) is 15.0. The molecule has 0 aliphatic carbocycles. The summed E-state index contributed by atoms with van der Waals surface area (Å²) in [5.41, 5.74) is 0.486. The second-order valence-electron chi connectivity index (χ2n) is 5.23. The summed E-state index contributed by atoms with van der Waals surface area (Å²) in [5.74, 6) is -2.03. The molecule has 0 saturated carbocycles. The molecular weight excluding hydrogens is 374 g/mol. The second kappa shape index (κ2) is 9.05. The zero-order valence-corrected chi connectivity index (χ0v) is 15.8. The molecular formula is C19H18ClNO6. The number of carbonyl (C=O) groups is 3. The number of rotatable bonds is 5. The maximum atomic E-state index is 12.4. The fraction of sp³-hybridized carbons (Fsp3) is 0.211. The Labute approximate surface area is 161 Å². The van der Waals surface area contributed by atoms with Gasteiger partial charge in [-0.2, -0.15) is 0 Å². The molecule has 0 atom stereocenters. The molecule has 142 valence electrons. The Hall–Kier alpha value is -3.06. The van der Waals surface area contributed by atoms with Gasteiger partial charge in [0.15, 0.2) is 0 Å². The van der Waals surface area contributed by atoms with Crippen LogP contribution in [0.2, 0.25) is 5.02 Å². The first-order valence-electron chi connectivity index (χ1n) is 7.95. The minimum atomic E-state index is -0.760. The van der Waals surface area contributed by atoms with Crippen LogP contribution in [-0.4, -0.2) is 38.7 Å². The van der Waals surface area contributed by atoms with Crippen LogP contribution < -0.4 is 4.90 Å². The van der Waals surface area contributed by atoms with Gasteiger partial charge in [0, 0.05) is 16.9 Å². The highest BCUT2D eigenvalue weighted by molar-refractivity contribution is 6.31. The van der Waals surface area contributed by atoms with Gasteiger partial charge in [0.2, 0.25) is 0 Å². The fourth-order valence-corrected chi connectivity index (χ4v) is 2.64. The molecule has 0 amide bonds. The number of carbonyl (C=O) groups excluding carboxylic acids is 3. The van der Waals surface area contributed by atoms with E-state index in [0.717, 1.165) is 0 Å². The van der Waals surface area contributed by atoms with E-state index in [4.69, 9.17) is 25.8 Å². The van der Waals surface area contributed by atoms with Crippen molar-refractivity contribution in [2.45, 2.75) is 6.92 Å². The number of esters is 3. The molecule has 1 aliphatic heterocycles. The van der Waals surface area contributed by atoms with Crippen molar-refractivity contribution in [3.8, 4) is 0 Å². The maximum Gasteiger partial charge on any atom is 0.355 e. The van der Waals surface area contributed by atoms with E-state index in [2.05, 4.69) is 0 Å². The van der Waals surface area contributed by atoms with Crippen molar-refractivity contribution in [1.82, 2.24) is 0 Å². The third-order valence-electron chi connectivity index (χ3n) is 3.56. The predicted molar refractivity (Wildman–Crippen MR) is 99.2 cm³/mol. The molecule has 27 heavy (non-hydrogen) atoms. The fourth-order valence-electron chi connectivity index (χ4n) is 2.41. The first kappa shape index (κ1) is 20.3. The zero-order chi connectivity index (χ0) is 20.0. The van der Waals surface area contributed by atoms with Gasteiger partial charge in [0.1, 0.15) is 5.70 Å². The molecule has 8 heteroatoms. The van der Waals surface area contributed by atoms with Crippen molar-refractivity contribution in [2.24, 2.45) is 0 Å². The minimum absolute atomic E-state index is 0.00740. The Balaban J connectivity index is 2.65. The van der Waals surface area contributed by atoms with Crippen LogP contribution in [0.3, 0.4) is 0 Å². The van der Waals surface area contributed by atoms with Gasteiger partial charge in [0.05, 0.1) is 32.0 Å². The smallest absolute Gasteiger partial charge is 0.355 e. The van der Waals surface area contributed by atoms with Crippen molar-refractivity contribution >= 4 is 35.2 Å². The Morgan fingerprint density at radius 1 is 1.00 bits per heavy atom. The Bertz CT molecular complexity index is 856. The van der Waals surface area contributed by atoms with E-state index in [1.54, 1.807) is 25.3 Å². The van der Waals surface area contributed by atoms with Crippen LogP contribution >= 0.6 is 11.6 Å². The van der Waals surface area contributed by atoms with Crippen molar-refractivity contribution in [3.63, 3.8) is 0 Å². The summed E-state index contributed by atoms with van der Waals surface area (Å²) in [4.78, 5) is 38.1. The minimum Gasteiger partial charge on any atom is -0.465 e. The van der Waals surface area contributed by atoms with Gasteiger partial charge in [-0.15, -0.1) is 0 Å². The Morgan fingerprint density at radius 3 is 2.33 bits per heavy atom. The number of halogens is 1. The van der Waals surface area contributed by atoms with Gasteiger partial charge in [-0.05, 0) is 37.3 Å². The topological polar surface area (TPSA) is 82.1 Å². The van der Waals surface area contributed by atoms with E-state index in [1.807, 2.05) is 0 Å². The lowest BCUT2D eigenvalue weighted by Gasteiger charge is -2.23. The Kier molecular flexibility index (Phi) is 6.79. The molecule has 2 rings (SSSR count). The van der Waals surface area contributed by atoms with Gasteiger partial charge < -0.3 is 19.1 Å². The van der Waals surface area contributed by atoms with Crippen molar-refractivity contribution in [2.75, 3.05) is 25.7 Å². The van der Waals surface area contributed by atoms with Crippen LogP contribution in [0.15, 0.2) is 53.9 Å². The summed E-state index contributed by atoms with van der Waals surface area (Å²) in [7, 11) is 2.40. The molecule has 7 nitrogen and oxygen atoms in total. The van der Waals surface area contributed by atoms with Gasteiger partial charge in [-0.3, -0.25) is 0 Å². The lowest BCUT2D eigenvalue weighted by molar-refractivity contribution is -0.139. The number of allylic oxidation sites excluding steroid dienone is 2. The summed E-state index contributed by atoms with van der Waals surface area (Å²) >= 11 is 6.14. The van der Waals surface area contributed by atoms with E-state index >= 15 is 0 Å². The van der Waals surface area contributed by atoms with E-state index in [-0.39, 0.29) is 28.5 Å². The molecule has 1 aliphatic rings. The van der Waals surface area contributed by atoms with E-state index < -0.39 is 17.9 Å². The van der Waals surface area contributed by atoms with Crippen molar-refractivity contribution in [1.29, 1.82) is 0 Å². The lowest BCUT2D eigenvalue weighted by Crippen LogP contribution is -2.27. The van der Waals surface area contributed by atoms with Crippen LogP contribution in [0.4, 0.5) is 5.69 Å². The molecule has 1 aromatic rings. The maximum absolute atomic E-state index is 12.4. The molecule has 0 unspecified atom stereocenters. The number of hydrogen-bond acceptors (Lipinski definition) is 7. The first-order valence-corrected chi connectivity index (χ1v) is 8.33. The van der Waals surface area contributed by atoms with Crippen LogP contribution in [0.1, 0.15) is 17.3 Å². The molecule has 0 bridgehead atoms. The van der Waals surface area contributed by atoms with Crippen LogP contribution in [0.25, 0.3) is 0 Å². The summed E-state index contributed by atoms with van der Waals surface area (Å²) in [6.07, 6.45) is 6.17. The third-order valence-corrected chi connectivity index (χ3v) is 3.78. The molecule has 0 radical (unpaired) electrons. The second-order valence-corrected chi connectivity index (χ2v) is 5.67. The standard InChI is InChI=1S/C19H18ClNO6/c1-4-27-17(22)12-9-13(20)11-14(10-12)21-8-6-5-7-15(18(23)25-2)16(21)19(24)26-3/h5-11H,4H2,1-3H3. The molecule has 0 saturated heterocycles. The van der Waals surface area contributed by atoms with Crippen molar-refractivity contribution < 1.29 is 28.6 Å². The van der Waals surface area contributed by atoms with Gasteiger partial charge in [-0.1, -0.05) is 17.7 Å². The van der Waals surface area contributed by atoms with E-state index in [9.17, 15) is 14.4 Å². The van der Waals surface area contributed by atoms with Gasteiger partial charge in [-0.25, -0.2) is 14.4 Å². The first-order chi connectivity index (χ1) is 12.9. The quantitative estimate of drug-likeness (QED) is 0.563. The summed E-state index contributed by atoms with van der Waals surface area (Å²) in [6.45, 7) is 1.89. The Morgan fingerprint density at radius 2 is 1.70 bits per heavy atom. The average molecular weight is 392 g/mol. The number of anilines is 1. The summed E-state index contributed by atoms with van der Waals surface area (Å²) in [5, 5.41) is 0.255. The lowest BCUT2D eigenvalue weighted by atomic mass is 10.1. The summed E-state index contributed by atoms with van der Waals surface area (Å²) in [6, 6.07) is 4.49. The van der Waals surface area contributed by atoms with Crippen molar-refractivity contribution in [3.05, 3.63) is 64.5 Å². The largest absolute Gasteiger partial charge is 0.465 e. The van der Waals surface area contributed by atoms with Crippen LogP contribution in [0, 0.1) is 0 Å². The number of nitrogens with zero attached hydrogens (tertiary/aromatic N) is 1. The number of ether oxygens (including phenoxy) is 3. The van der Waals surface area contributed by atoms with Crippen LogP contribution in [0.5, 0.6) is 0 Å². The highest BCUT2D eigenvalue weighted by atomic mass is 35.5. The number of benzene rings is 1. The van der Waals surface area contributed by atoms with Gasteiger partial charge >= 0.3 is 17.9 Å². The molecule has 0 aromatic heterocycles. The highest BCUT2D eigenvalue weighted by Crippen LogP contribution is 2.30. The number of hydrogen-bond donors (Lipinski definition) is 0. The summed E-state index contributed by atoms with van der Waals surface area (Å²) < 4.78 is 14.6. The molecule has 0 spiro atoms. The third kappa shape index (κ3) is 4.57. The monoisotopic (exact) mass is 391 g/mol. The molecule has 0 fully saturated rings. The van der Waals surface area contributed by atoms with E-state index in [0.29, 0.717) is 5.69 Å². The van der Waals surface area contributed by atoms with Crippen LogP contribution in [-0.2, 0) is 23.8 Å². The molecule has 1 aromatic carbocycles. The van der Waals surface area contributed by atoms with E-state index in [1.165, 1.54) is 43.4 Å². The normalized spacial score (nSPS) is 13.3. The molecule has 1 heterocycles. The molecule has 0 N–H and O–H groups in total. The average Bonchev–Trinajstić information content (AvgIpc) is 2.89. The highest BCUT2D eigenvalue weighted by Gasteiger charge is 2.28. The SMILES string of the molecule is CCOC(=O)c1cc(Cl)cc(N2C=CC=CC(C(=O)OC)=C2C(=O)OC)c1. The number of methoxy groups -OCH3 is 2. The predicted octanol–water partition coefficient (Wildman–Crippen LogP) is 3.01.